The Morgan fingerprint density at radius 2 is 2.00 bits per heavy atom. The lowest BCUT2D eigenvalue weighted by Crippen LogP contribution is -2.35. The van der Waals surface area contributed by atoms with E-state index in [0.29, 0.717) is 29.6 Å². The highest BCUT2D eigenvalue weighted by atomic mass is 32.2. The molecule has 1 amide bonds. The molecule has 0 saturated heterocycles. The molecule has 0 bridgehead atoms. The minimum absolute atomic E-state index is 0.195. The molecule has 0 aliphatic carbocycles. The van der Waals surface area contributed by atoms with E-state index in [2.05, 4.69) is 20.8 Å². The molecule has 2 aromatic heterocycles. The van der Waals surface area contributed by atoms with Crippen LogP contribution >= 0.6 is 11.8 Å². The van der Waals surface area contributed by atoms with Crippen molar-refractivity contribution < 1.29 is 4.79 Å². The minimum atomic E-state index is -0.353. The lowest BCUT2D eigenvalue weighted by molar-refractivity contribution is 0.0953. The summed E-state index contributed by atoms with van der Waals surface area (Å²) < 4.78 is 3.16. The van der Waals surface area contributed by atoms with E-state index < -0.39 is 0 Å². The molecule has 146 valence electrons. The molecule has 2 heterocycles. The predicted octanol–water partition coefficient (Wildman–Crippen LogP) is 1.45. The molecule has 0 fully saturated rings. The molecule has 3 aromatic rings. The zero-order valence-corrected chi connectivity index (χ0v) is 16.6. The fourth-order valence-electron chi connectivity index (χ4n) is 2.75. The number of tetrazole rings is 1. The molecule has 0 saturated carbocycles. The first kappa shape index (κ1) is 19.8. The zero-order chi connectivity index (χ0) is 19.9. The van der Waals surface area contributed by atoms with E-state index in [-0.39, 0.29) is 17.0 Å². The molecule has 1 N–H and O–H groups in total. The van der Waals surface area contributed by atoms with Crippen LogP contribution in [0.1, 0.15) is 21.5 Å². The van der Waals surface area contributed by atoms with E-state index >= 15 is 0 Å². The fraction of sp³-hybridized carbons (Fsp3) is 0.316. The smallest absolute Gasteiger partial charge is 0.263 e. The quantitative estimate of drug-likeness (QED) is 0.456. The summed E-state index contributed by atoms with van der Waals surface area (Å²) in [4.78, 5) is 25.3. The Bertz CT molecular complexity index is 999. The van der Waals surface area contributed by atoms with Gasteiger partial charge in [0.2, 0.25) is 5.16 Å². The molecule has 0 radical (unpaired) electrons. The normalized spacial score (nSPS) is 10.8. The van der Waals surface area contributed by atoms with E-state index in [4.69, 9.17) is 0 Å². The molecule has 0 spiro atoms. The fourth-order valence-corrected chi connectivity index (χ4v) is 3.45. The van der Waals surface area contributed by atoms with Gasteiger partial charge in [0.05, 0.1) is 0 Å². The number of hydrogen-bond acceptors (Lipinski definition) is 6. The predicted molar refractivity (Wildman–Crippen MR) is 107 cm³/mol. The number of carbonyl (C=O) groups excluding carboxylic acids is 1. The van der Waals surface area contributed by atoms with Crippen molar-refractivity contribution in [3.05, 3.63) is 69.6 Å². The highest BCUT2D eigenvalue weighted by Crippen LogP contribution is 2.11. The number of aryl methyl sites for hydroxylation is 4. The van der Waals surface area contributed by atoms with E-state index in [1.54, 1.807) is 35.5 Å². The lowest BCUT2D eigenvalue weighted by Gasteiger charge is -2.11. The molecule has 0 aliphatic heterocycles. The molecule has 0 aliphatic rings. The summed E-state index contributed by atoms with van der Waals surface area (Å²) in [5.74, 6) is 0.252. The van der Waals surface area contributed by atoms with Gasteiger partial charge in [0.1, 0.15) is 5.56 Å². The van der Waals surface area contributed by atoms with Gasteiger partial charge < -0.3 is 9.88 Å². The van der Waals surface area contributed by atoms with Crippen LogP contribution in [0.15, 0.2) is 52.5 Å². The molecule has 9 heteroatoms. The Balaban J connectivity index is 1.61. The summed E-state index contributed by atoms with van der Waals surface area (Å²) in [6.07, 6.45) is 2.47. The van der Waals surface area contributed by atoms with E-state index in [9.17, 15) is 9.59 Å². The van der Waals surface area contributed by atoms with E-state index in [1.807, 2.05) is 30.3 Å². The second kappa shape index (κ2) is 9.32. The first-order chi connectivity index (χ1) is 13.6. The van der Waals surface area contributed by atoms with Crippen LogP contribution in [0.3, 0.4) is 0 Å². The molecule has 28 heavy (non-hydrogen) atoms. The van der Waals surface area contributed by atoms with Crippen LogP contribution in [-0.2, 0) is 20.0 Å². The van der Waals surface area contributed by atoms with Gasteiger partial charge in [-0.2, -0.15) is 0 Å². The van der Waals surface area contributed by atoms with Crippen LogP contribution < -0.4 is 10.9 Å². The third kappa shape index (κ3) is 4.86. The molecule has 0 unspecified atom stereocenters. The van der Waals surface area contributed by atoms with Gasteiger partial charge in [0, 0.05) is 32.1 Å². The first-order valence-electron chi connectivity index (χ1n) is 8.93. The summed E-state index contributed by atoms with van der Waals surface area (Å²) in [6.45, 7) is 2.71. The van der Waals surface area contributed by atoms with Crippen molar-refractivity contribution in [3.63, 3.8) is 0 Å². The van der Waals surface area contributed by atoms with Crippen LogP contribution in [0, 0.1) is 6.92 Å². The number of pyridine rings is 1. The minimum Gasteiger partial charge on any atom is -0.351 e. The van der Waals surface area contributed by atoms with Gasteiger partial charge in [-0.05, 0) is 41.0 Å². The van der Waals surface area contributed by atoms with E-state index in [0.717, 1.165) is 12.0 Å². The van der Waals surface area contributed by atoms with Crippen molar-refractivity contribution >= 4 is 17.7 Å². The maximum absolute atomic E-state index is 12.8. The number of nitrogens with zero attached hydrogens (tertiary/aromatic N) is 5. The third-order valence-corrected chi connectivity index (χ3v) is 5.30. The van der Waals surface area contributed by atoms with Gasteiger partial charge in [-0.3, -0.25) is 9.59 Å². The average Bonchev–Trinajstić information content (AvgIpc) is 3.10. The van der Waals surface area contributed by atoms with Crippen LogP contribution in [-0.4, -0.2) is 43.0 Å². The number of nitrogens with one attached hydrogen (secondary N) is 1. The van der Waals surface area contributed by atoms with Crippen LogP contribution in [0.5, 0.6) is 0 Å². The van der Waals surface area contributed by atoms with Crippen molar-refractivity contribution in [1.82, 2.24) is 30.1 Å². The topological polar surface area (TPSA) is 94.7 Å². The van der Waals surface area contributed by atoms with Crippen molar-refractivity contribution in [2.24, 2.45) is 7.05 Å². The van der Waals surface area contributed by atoms with Gasteiger partial charge >= 0.3 is 0 Å². The molecule has 3 rings (SSSR count). The third-order valence-electron chi connectivity index (χ3n) is 4.28. The Kier molecular flexibility index (Phi) is 6.59. The van der Waals surface area contributed by atoms with Crippen LogP contribution in [0.25, 0.3) is 0 Å². The molecule has 1 aromatic carbocycles. The highest BCUT2D eigenvalue weighted by Gasteiger charge is 2.15. The number of benzene rings is 1. The number of thioether (sulfide) groups is 1. The number of amides is 1. The largest absolute Gasteiger partial charge is 0.351 e. The summed E-state index contributed by atoms with van der Waals surface area (Å²) in [7, 11) is 1.76. The van der Waals surface area contributed by atoms with Gasteiger partial charge in [0.25, 0.3) is 11.5 Å². The Morgan fingerprint density at radius 1 is 1.21 bits per heavy atom. The monoisotopic (exact) mass is 398 g/mol. The van der Waals surface area contributed by atoms with Crippen molar-refractivity contribution in [2.45, 2.75) is 25.0 Å². The maximum atomic E-state index is 12.8. The summed E-state index contributed by atoms with van der Waals surface area (Å²) in [5.41, 5.74) is 1.75. The molecule has 8 nitrogen and oxygen atoms in total. The van der Waals surface area contributed by atoms with Crippen LogP contribution in [0.4, 0.5) is 0 Å². The van der Waals surface area contributed by atoms with Gasteiger partial charge in [-0.25, -0.2) is 4.68 Å². The average molecular weight is 398 g/mol. The second-order valence-corrected chi connectivity index (χ2v) is 7.36. The van der Waals surface area contributed by atoms with Crippen LogP contribution in [0.2, 0.25) is 0 Å². The Morgan fingerprint density at radius 3 is 2.71 bits per heavy atom. The summed E-state index contributed by atoms with van der Waals surface area (Å²) in [5, 5.41) is 14.7. The molecule has 0 atom stereocenters. The lowest BCUT2D eigenvalue weighted by atomic mass is 10.1. The number of hydrogen-bond donors (Lipinski definition) is 1. The SMILES string of the molecule is Cc1ccn(CCc2ccccc2)c(=O)c1C(=O)NCCSc1nnnn1C. The van der Waals surface area contributed by atoms with Crippen molar-refractivity contribution in [1.29, 1.82) is 0 Å². The number of rotatable bonds is 8. The maximum Gasteiger partial charge on any atom is 0.263 e. The Hall–Kier alpha value is -2.94. The highest BCUT2D eigenvalue weighted by molar-refractivity contribution is 7.99. The van der Waals surface area contributed by atoms with E-state index in [1.165, 1.54) is 11.8 Å². The number of aromatic nitrogens is 5. The van der Waals surface area contributed by atoms with Crippen molar-refractivity contribution in [3.8, 4) is 0 Å². The van der Waals surface area contributed by atoms with Gasteiger partial charge in [-0.15, -0.1) is 5.10 Å². The number of carbonyl (C=O) groups is 1. The van der Waals surface area contributed by atoms with Gasteiger partial charge in [-0.1, -0.05) is 42.1 Å². The summed E-state index contributed by atoms with van der Waals surface area (Å²) in [6, 6.07) is 11.8. The molecular formula is C19H22N6O2S. The summed E-state index contributed by atoms with van der Waals surface area (Å²) >= 11 is 1.44. The second-order valence-electron chi connectivity index (χ2n) is 6.30. The zero-order valence-electron chi connectivity index (χ0n) is 15.8. The first-order valence-corrected chi connectivity index (χ1v) is 9.92. The van der Waals surface area contributed by atoms with Crippen molar-refractivity contribution in [2.75, 3.05) is 12.3 Å². The standard InChI is InChI=1S/C19H22N6O2S/c1-14-8-11-25(12-9-15-6-4-3-5-7-15)18(27)16(14)17(26)20-10-13-28-19-21-22-23-24(19)2/h3-8,11H,9-10,12-13H2,1-2H3,(H,20,26). The van der Waals surface area contributed by atoms with Gasteiger partial charge in [0.15, 0.2) is 0 Å². The Labute approximate surface area is 167 Å². The molecular weight excluding hydrogens is 376 g/mol.